The van der Waals surface area contributed by atoms with Gasteiger partial charge in [-0.25, -0.2) is 0 Å². The minimum absolute atomic E-state index is 0.0765. The van der Waals surface area contributed by atoms with Gasteiger partial charge in [0.2, 0.25) is 0 Å². The van der Waals surface area contributed by atoms with Crippen molar-refractivity contribution < 1.29 is 0 Å². The van der Waals surface area contributed by atoms with Crippen molar-refractivity contribution in [1.82, 2.24) is 4.90 Å². The first-order valence-corrected chi connectivity index (χ1v) is 5.23. The fraction of sp³-hybridized carbons (Fsp3) is 0.750. The van der Waals surface area contributed by atoms with Crippen LogP contribution in [-0.4, -0.2) is 24.5 Å². The van der Waals surface area contributed by atoms with E-state index < -0.39 is 0 Å². The van der Waals surface area contributed by atoms with Crippen LogP contribution in [0.15, 0.2) is 0 Å². The summed E-state index contributed by atoms with van der Waals surface area (Å²) in [6.45, 7) is 7.10. The smallest absolute Gasteiger partial charge is 0.0687 e. The van der Waals surface area contributed by atoms with Gasteiger partial charge in [-0.3, -0.25) is 0 Å². The average Bonchev–Trinajstić information content (AvgIpc) is 2.22. The Morgan fingerprint density at radius 3 is 2.50 bits per heavy atom. The summed E-state index contributed by atoms with van der Waals surface area (Å²) in [4.78, 5) is 2.41. The number of rotatable bonds is 2. The molecule has 1 saturated heterocycles. The summed E-state index contributed by atoms with van der Waals surface area (Å²) >= 11 is 0. The number of hydrogen-bond donors (Lipinski definition) is 0. The molecule has 0 aromatic carbocycles. The molecule has 0 aromatic rings. The van der Waals surface area contributed by atoms with E-state index in [1.807, 2.05) is 6.92 Å². The van der Waals surface area contributed by atoms with Crippen LogP contribution in [-0.2, 0) is 0 Å². The van der Waals surface area contributed by atoms with Gasteiger partial charge in [0.15, 0.2) is 0 Å². The molecule has 1 rings (SSSR count). The minimum Gasteiger partial charge on any atom is -0.302 e. The lowest BCUT2D eigenvalue weighted by Gasteiger charge is -2.34. The lowest BCUT2D eigenvalue weighted by Crippen LogP contribution is -2.38. The van der Waals surface area contributed by atoms with Gasteiger partial charge in [-0.05, 0) is 39.8 Å². The van der Waals surface area contributed by atoms with Crippen molar-refractivity contribution in [2.24, 2.45) is 5.41 Å². The maximum Gasteiger partial charge on any atom is 0.0687 e. The van der Waals surface area contributed by atoms with E-state index in [0.717, 1.165) is 38.9 Å². The number of likely N-dealkylation sites (tertiary alicyclic amines) is 1. The maximum absolute atomic E-state index is 8.96. The lowest BCUT2D eigenvalue weighted by atomic mass is 9.82. The molecule has 1 aliphatic heterocycles. The quantitative estimate of drug-likeness (QED) is 0.623. The predicted molar refractivity (Wildman–Crippen MR) is 57.5 cm³/mol. The summed E-state index contributed by atoms with van der Waals surface area (Å²) in [6.07, 6.45) is 2.96. The fourth-order valence-electron chi connectivity index (χ4n) is 1.72. The highest BCUT2D eigenvalue weighted by Gasteiger charge is 2.29. The largest absolute Gasteiger partial charge is 0.302 e. The first kappa shape index (κ1) is 11.1. The first-order valence-electron chi connectivity index (χ1n) is 5.23. The Balaban J connectivity index is 2.28. The zero-order valence-corrected chi connectivity index (χ0v) is 9.14. The Morgan fingerprint density at radius 2 is 2.00 bits per heavy atom. The normalized spacial score (nSPS) is 20.6. The van der Waals surface area contributed by atoms with Crippen LogP contribution >= 0.6 is 0 Å². The molecular weight excluding hydrogens is 172 g/mol. The SMILES string of the molecule is CC#CCCN1CCC(C)(C#N)CC1. The Bertz CT molecular complexity index is 269. The van der Waals surface area contributed by atoms with Gasteiger partial charge in [0.25, 0.3) is 0 Å². The monoisotopic (exact) mass is 190 g/mol. The second-order valence-corrected chi connectivity index (χ2v) is 4.19. The molecule has 0 saturated carbocycles. The van der Waals surface area contributed by atoms with Crippen molar-refractivity contribution in [3.05, 3.63) is 0 Å². The summed E-state index contributed by atoms with van der Waals surface area (Å²) in [5.74, 6) is 5.98. The molecular formula is C12H18N2. The fourth-order valence-corrected chi connectivity index (χ4v) is 1.72. The molecule has 0 spiro atoms. The zero-order valence-electron chi connectivity index (χ0n) is 9.14. The van der Waals surface area contributed by atoms with Gasteiger partial charge in [0.05, 0.1) is 11.5 Å². The van der Waals surface area contributed by atoms with E-state index in [-0.39, 0.29) is 5.41 Å². The van der Waals surface area contributed by atoms with Crippen LogP contribution in [0.4, 0.5) is 0 Å². The lowest BCUT2D eigenvalue weighted by molar-refractivity contribution is 0.159. The average molecular weight is 190 g/mol. The van der Waals surface area contributed by atoms with Gasteiger partial charge >= 0.3 is 0 Å². The van der Waals surface area contributed by atoms with E-state index in [9.17, 15) is 0 Å². The van der Waals surface area contributed by atoms with Crippen LogP contribution in [0.3, 0.4) is 0 Å². The molecule has 14 heavy (non-hydrogen) atoms. The van der Waals surface area contributed by atoms with E-state index >= 15 is 0 Å². The Morgan fingerprint density at radius 1 is 1.36 bits per heavy atom. The zero-order chi connectivity index (χ0) is 10.4. The van der Waals surface area contributed by atoms with Crippen molar-refractivity contribution in [3.63, 3.8) is 0 Å². The van der Waals surface area contributed by atoms with Gasteiger partial charge < -0.3 is 4.90 Å². The van der Waals surface area contributed by atoms with Crippen LogP contribution in [0.2, 0.25) is 0 Å². The van der Waals surface area contributed by atoms with Crippen molar-refractivity contribution in [2.75, 3.05) is 19.6 Å². The summed E-state index contributed by atoms with van der Waals surface area (Å²) in [5, 5.41) is 8.96. The maximum atomic E-state index is 8.96. The van der Waals surface area contributed by atoms with Crippen molar-refractivity contribution in [3.8, 4) is 17.9 Å². The van der Waals surface area contributed by atoms with Gasteiger partial charge in [-0.1, -0.05) is 0 Å². The van der Waals surface area contributed by atoms with Gasteiger partial charge in [0.1, 0.15) is 0 Å². The Kier molecular flexibility index (Phi) is 3.98. The summed E-state index contributed by atoms with van der Waals surface area (Å²) in [6, 6.07) is 2.41. The molecule has 0 aromatic heterocycles. The summed E-state index contributed by atoms with van der Waals surface area (Å²) < 4.78 is 0. The van der Waals surface area contributed by atoms with Crippen LogP contribution in [0.25, 0.3) is 0 Å². The Hall–Kier alpha value is -0.990. The molecule has 1 fully saturated rings. The molecule has 0 amide bonds. The molecule has 0 unspecified atom stereocenters. The van der Waals surface area contributed by atoms with E-state index in [4.69, 9.17) is 5.26 Å². The third kappa shape index (κ3) is 3.05. The van der Waals surface area contributed by atoms with Crippen LogP contribution < -0.4 is 0 Å². The first-order chi connectivity index (χ1) is 6.70. The molecule has 0 atom stereocenters. The minimum atomic E-state index is -0.0765. The van der Waals surface area contributed by atoms with Gasteiger partial charge in [-0.2, -0.15) is 5.26 Å². The molecule has 76 valence electrons. The number of piperidine rings is 1. The molecule has 0 bridgehead atoms. The molecule has 2 heteroatoms. The predicted octanol–water partition coefficient (Wildman–Crippen LogP) is 2.03. The highest BCUT2D eigenvalue weighted by molar-refractivity contribution is 5.00. The van der Waals surface area contributed by atoms with Crippen LogP contribution in [0.5, 0.6) is 0 Å². The summed E-state index contributed by atoms with van der Waals surface area (Å²) in [5.41, 5.74) is -0.0765. The topological polar surface area (TPSA) is 27.0 Å². The standard InChI is InChI=1S/C12H18N2/c1-3-4-5-8-14-9-6-12(2,11-13)7-10-14/h5-10H2,1-2H3. The van der Waals surface area contributed by atoms with Crippen molar-refractivity contribution in [2.45, 2.75) is 33.1 Å². The number of hydrogen-bond acceptors (Lipinski definition) is 2. The third-order valence-electron chi connectivity index (χ3n) is 2.96. The molecule has 1 aliphatic rings. The molecule has 0 aliphatic carbocycles. The molecule has 0 radical (unpaired) electrons. The Labute approximate surface area is 86.9 Å². The van der Waals surface area contributed by atoms with Gasteiger partial charge in [-0.15, -0.1) is 11.8 Å². The molecule has 1 heterocycles. The van der Waals surface area contributed by atoms with E-state index in [0.29, 0.717) is 0 Å². The van der Waals surface area contributed by atoms with E-state index in [2.05, 4.69) is 29.7 Å². The van der Waals surface area contributed by atoms with Crippen molar-refractivity contribution in [1.29, 1.82) is 5.26 Å². The molecule has 2 nitrogen and oxygen atoms in total. The van der Waals surface area contributed by atoms with Crippen LogP contribution in [0.1, 0.15) is 33.1 Å². The number of nitriles is 1. The van der Waals surface area contributed by atoms with Crippen molar-refractivity contribution >= 4 is 0 Å². The van der Waals surface area contributed by atoms with Gasteiger partial charge in [0, 0.05) is 13.0 Å². The van der Waals surface area contributed by atoms with E-state index in [1.165, 1.54) is 0 Å². The van der Waals surface area contributed by atoms with E-state index in [1.54, 1.807) is 0 Å². The second kappa shape index (κ2) is 5.03. The molecule has 0 N–H and O–H groups in total. The highest BCUT2D eigenvalue weighted by atomic mass is 15.1. The third-order valence-corrected chi connectivity index (χ3v) is 2.96. The summed E-state index contributed by atoms with van der Waals surface area (Å²) in [7, 11) is 0. The van der Waals surface area contributed by atoms with Crippen LogP contribution in [0, 0.1) is 28.6 Å². The number of nitrogens with zero attached hydrogens (tertiary/aromatic N) is 2. The highest BCUT2D eigenvalue weighted by Crippen LogP contribution is 2.29. The second-order valence-electron chi connectivity index (χ2n) is 4.19.